The van der Waals surface area contributed by atoms with E-state index >= 15 is 0 Å². The molecule has 0 fully saturated rings. The first-order valence-electron chi connectivity index (χ1n) is 10.8. The third kappa shape index (κ3) is 4.99. The second kappa shape index (κ2) is 10.6. The van der Waals surface area contributed by atoms with Gasteiger partial charge in [-0.15, -0.1) is 54.1 Å². The predicted molar refractivity (Wildman–Crippen MR) is 134 cm³/mol. The van der Waals surface area contributed by atoms with Crippen molar-refractivity contribution in [1.82, 2.24) is 9.97 Å². The molecule has 4 heteroatoms. The van der Waals surface area contributed by atoms with Crippen LogP contribution in [0.15, 0.2) is 102 Å². The van der Waals surface area contributed by atoms with Crippen LogP contribution in [0.5, 0.6) is 0 Å². The van der Waals surface area contributed by atoms with E-state index in [4.69, 9.17) is 4.42 Å². The summed E-state index contributed by atoms with van der Waals surface area (Å²) in [5.41, 5.74) is 8.01. The van der Waals surface area contributed by atoms with E-state index in [9.17, 15) is 0 Å². The molecule has 0 saturated heterocycles. The summed E-state index contributed by atoms with van der Waals surface area (Å²) in [4.78, 5) is 8.72. The number of nitrogens with zero attached hydrogens (tertiary/aromatic N) is 2. The summed E-state index contributed by atoms with van der Waals surface area (Å²) in [6, 6.07) is 34.4. The van der Waals surface area contributed by atoms with Crippen molar-refractivity contribution < 1.29 is 24.5 Å². The van der Waals surface area contributed by atoms with Crippen molar-refractivity contribution in [3.63, 3.8) is 0 Å². The molecule has 3 heterocycles. The van der Waals surface area contributed by atoms with Crippen LogP contribution >= 0.6 is 0 Å². The van der Waals surface area contributed by atoms with Gasteiger partial charge >= 0.3 is 0 Å². The maximum absolute atomic E-state index is 6.01. The second-order valence-electron chi connectivity index (χ2n) is 7.91. The van der Waals surface area contributed by atoms with E-state index in [0.29, 0.717) is 0 Å². The second-order valence-corrected chi connectivity index (χ2v) is 7.91. The summed E-state index contributed by atoms with van der Waals surface area (Å²) in [6.07, 6.45) is 3.64. The van der Waals surface area contributed by atoms with Crippen LogP contribution in [0.4, 0.5) is 0 Å². The monoisotopic (exact) mass is 619 g/mol. The Morgan fingerprint density at radius 2 is 1.38 bits per heavy atom. The smallest absolute Gasteiger partial charge is 0.120 e. The molecular formula is C30H22IrN2O-2. The number of para-hydroxylation sites is 1. The molecule has 34 heavy (non-hydrogen) atoms. The summed E-state index contributed by atoms with van der Waals surface area (Å²) in [5.74, 6) is 0. The van der Waals surface area contributed by atoms with E-state index in [0.717, 1.165) is 44.5 Å². The van der Waals surface area contributed by atoms with E-state index in [1.165, 1.54) is 11.1 Å². The normalized spacial score (nSPS) is 10.4. The quantitative estimate of drug-likeness (QED) is 0.188. The number of aromatic nitrogens is 2. The number of rotatable bonds is 2. The fraction of sp³-hybridized carbons (Fsp3) is 0.0667. The zero-order valence-electron chi connectivity index (χ0n) is 18.9. The fourth-order valence-corrected chi connectivity index (χ4v) is 3.79. The SMILES string of the molecule is Cc1ccnc(-c2[c-]ccc3c2oc2ccccc23)c1.Cc1ccnc(-c2[c-]cccc2)c1.[Ir]. The number of benzene rings is 3. The minimum Gasteiger partial charge on any atom is -0.501 e. The molecule has 3 nitrogen and oxygen atoms in total. The number of hydrogen-bond donors (Lipinski definition) is 0. The van der Waals surface area contributed by atoms with E-state index in [1.54, 1.807) is 0 Å². The average molecular weight is 619 g/mol. The van der Waals surface area contributed by atoms with Crippen molar-refractivity contribution in [2.75, 3.05) is 0 Å². The molecule has 0 saturated carbocycles. The molecule has 0 unspecified atom stereocenters. The maximum atomic E-state index is 6.01. The van der Waals surface area contributed by atoms with Crippen molar-refractivity contribution >= 4 is 21.9 Å². The van der Waals surface area contributed by atoms with Crippen molar-refractivity contribution in [3.05, 3.63) is 121 Å². The van der Waals surface area contributed by atoms with Crippen molar-refractivity contribution in [2.24, 2.45) is 0 Å². The van der Waals surface area contributed by atoms with Crippen LogP contribution < -0.4 is 0 Å². The Kier molecular flexibility index (Phi) is 7.32. The average Bonchev–Trinajstić information content (AvgIpc) is 3.24. The van der Waals surface area contributed by atoms with Gasteiger partial charge in [-0.1, -0.05) is 52.4 Å². The van der Waals surface area contributed by atoms with Gasteiger partial charge in [-0.25, -0.2) is 0 Å². The summed E-state index contributed by atoms with van der Waals surface area (Å²) < 4.78 is 6.01. The number of pyridine rings is 2. The van der Waals surface area contributed by atoms with Gasteiger partial charge in [-0.2, -0.15) is 0 Å². The topological polar surface area (TPSA) is 38.9 Å². The summed E-state index contributed by atoms with van der Waals surface area (Å²) in [7, 11) is 0. The van der Waals surface area contributed by atoms with Gasteiger partial charge in [0.05, 0.1) is 5.58 Å². The molecule has 169 valence electrons. The van der Waals surface area contributed by atoms with Crippen LogP contribution in [0.25, 0.3) is 44.5 Å². The van der Waals surface area contributed by atoms with Gasteiger partial charge in [0.15, 0.2) is 0 Å². The molecule has 0 spiro atoms. The number of aryl methyl sites for hydroxylation is 2. The largest absolute Gasteiger partial charge is 0.501 e. The van der Waals surface area contributed by atoms with Gasteiger partial charge in [0, 0.05) is 37.9 Å². The van der Waals surface area contributed by atoms with Crippen LogP contribution in [0.2, 0.25) is 0 Å². The van der Waals surface area contributed by atoms with Crippen LogP contribution in [0, 0.1) is 26.0 Å². The predicted octanol–water partition coefficient (Wildman–Crippen LogP) is 7.61. The van der Waals surface area contributed by atoms with Gasteiger partial charge in [-0.05, 0) is 43.4 Å². The Bertz CT molecular complexity index is 1540. The Morgan fingerprint density at radius 1 is 0.676 bits per heavy atom. The number of hydrogen-bond acceptors (Lipinski definition) is 3. The first-order valence-corrected chi connectivity index (χ1v) is 10.8. The van der Waals surface area contributed by atoms with E-state index in [2.05, 4.69) is 54.1 Å². The molecule has 3 aromatic carbocycles. The molecule has 0 atom stereocenters. The summed E-state index contributed by atoms with van der Waals surface area (Å²) in [5, 5.41) is 2.24. The zero-order valence-corrected chi connectivity index (χ0v) is 21.3. The molecule has 0 aliphatic heterocycles. The molecule has 0 aliphatic rings. The molecule has 0 aliphatic carbocycles. The van der Waals surface area contributed by atoms with Crippen LogP contribution in [-0.2, 0) is 20.1 Å². The minimum absolute atomic E-state index is 0. The number of fused-ring (bicyclic) bond motifs is 3. The van der Waals surface area contributed by atoms with Gasteiger partial charge in [-0.3, -0.25) is 0 Å². The van der Waals surface area contributed by atoms with Crippen molar-refractivity contribution in [1.29, 1.82) is 0 Å². The number of furan rings is 1. The molecule has 0 bridgehead atoms. The fourth-order valence-electron chi connectivity index (χ4n) is 3.79. The Balaban J connectivity index is 0.000000171. The van der Waals surface area contributed by atoms with Gasteiger partial charge in [0.1, 0.15) is 5.58 Å². The van der Waals surface area contributed by atoms with Gasteiger partial charge in [0.2, 0.25) is 0 Å². The minimum atomic E-state index is 0. The van der Waals surface area contributed by atoms with Crippen LogP contribution in [0.3, 0.4) is 0 Å². The Morgan fingerprint density at radius 3 is 2.12 bits per heavy atom. The molecule has 1 radical (unpaired) electrons. The third-order valence-corrected chi connectivity index (χ3v) is 5.41. The van der Waals surface area contributed by atoms with E-state index in [-0.39, 0.29) is 20.1 Å². The zero-order chi connectivity index (χ0) is 22.6. The summed E-state index contributed by atoms with van der Waals surface area (Å²) in [6.45, 7) is 4.12. The first-order chi connectivity index (χ1) is 16.2. The van der Waals surface area contributed by atoms with Gasteiger partial charge in [0.25, 0.3) is 0 Å². The molecular weight excluding hydrogens is 597 g/mol. The van der Waals surface area contributed by atoms with Gasteiger partial charge < -0.3 is 14.4 Å². The maximum Gasteiger partial charge on any atom is 0.120 e. The van der Waals surface area contributed by atoms with Crippen molar-refractivity contribution in [2.45, 2.75) is 13.8 Å². The van der Waals surface area contributed by atoms with E-state index in [1.807, 2.05) is 79.1 Å². The van der Waals surface area contributed by atoms with E-state index < -0.39 is 0 Å². The van der Waals surface area contributed by atoms with Crippen molar-refractivity contribution in [3.8, 4) is 22.5 Å². The molecule has 6 rings (SSSR count). The van der Waals surface area contributed by atoms with Crippen LogP contribution in [0.1, 0.15) is 11.1 Å². The molecule has 3 aromatic heterocycles. The third-order valence-electron chi connectivity index (χ3n) is 5.41. The molecule has 0 N–H and O–H groups in total. The first kappa shape index (κ1) is 23.6. The Labute approximate surface area is 212 Å². The molecule has 6 aromatic rings. The Hall–Kier alpha value is -3.59. The van der Waals surface area contributed by atoms with Crippen LogP contribution in [-0.4, -0.2) is 9.97 Å². The molecule has 0 amide bonds. The summed E-state index contributed by atoms with van der Waals surface area (Å²) >= 11 is 0. The standard InChI is InChI=1S/C18H12NO.C12H10N.Ir/c1-12-9-10-19-16(11-12)15-7-4-6-14-13-5-2-3-8-17(13)20-18(14)15;1-10-7-8-13-12(9-10)11-5-3-2-4-6-11;/h2-6,8-11H,1H3;2-5,7-9H,1H3;/q2*-1;.